The molecule has 1 aromatic carbocycles. The van der Waals surface area contributed by atoms with Crippen LogP contribution in [0.3, 0.4) is 0 Å². The molecule has 1 N–H and O–H groups in total. The van der Waals surface area contributed by atoms with Gasteiger partial charge in [-0.3, -0.25) is 0 Å². The SMILES string of the molecule is CCNCC1(c2cc(Cl)ccc2OC)CC=CC1. The van der Waals surface area contributed by atoms with Crippen LogP contribution in [0, 0.1) is 0 Å². The van der Waals surface area contributed by atoms with E-state index in [1.54, 1.807) is 7.11 Å². The monoisotopic (exact) mass is 265 g/mol. The van der Waals surface area contributed by atoms with E-state index in [0.717, 1.165) is 36.7 Å². The van der Waals surface area contributed by atoms with Gasteiger partial charge in [0.15, 0.2) is 0 Å². The van der Waals surface area contributed by atoms with Crippen LogP contribution < -0.4 is 10.1 Å². The number of halogens is 1. The Bertz CT molecular complexity index is 434. The Morgan fingerprint density at radius 1 is 1.33 bits per heavy atom. The lowest BCUT2D eigenvalue weighted by Crippen LogP contribution is -2.36. The predicted molar refractivity (Wildman–Crippen MR) is 76.6 cm³/mol. The minimum absolute atomic E-state index is 0.0895. The molecule has 1 aliphatic carbocycles. The highest BCUT2D eigenvalue weighted by Gasteiger charge is 2.35. The molecular formula is C15H20ClNO. The summed E-state index contributed by atoms with van der Waals surface area (Å²) >= 11 is 6.15. The van der Waals surface area contributed by atoms with Crippen molar-refractivity contribution in [2.75, 3.05) is 20.2 Å². The van der Waals surface area contributed by atoms with E-state index in [9.17, 15) is 0 Å². The molecule has 3 heteroatoms. The summed E-state index contributed by atoms with van der Waals surface area (Å²) in [7, 11) is 1.72. The Labute approximate surface area is 114 Å². The van der Waals surface area contributed by atoms with Crippen LogP contribution in [-0.2, 0) is 5.41 Å². The summed E-state index contributed by atoms with van der Waals surface area (Å²) in [6.07, 6.45) is 6.57. The third-order valence-electron chi connectivity index (χ3n) is 3.63. The quantitative estimate of drug-likeness (QED) is 0.822. The normalized spacial score (nSPS) is 17.1. The highest BCUT2D eigenvalue weighted by Crippen LogP contribution is 2.42. The van der Waals surface area contributed by atoms with Crippen molar-refractivity contribution in [1.82, 2.24) is 5.32 Å². The van der Waals surface area contributed by atoms with Crippen molar-refractivity contribution < 1.29 is 4.74 Å². The number of benzene rings is 1. The van der Waals surface area contributed by atoms with E-state index >= 15 is 0 Å². The molecule has 0 saturated heterocycles. The number of rotatable bonds is 5. The summed E-state index contributed by atoms with van der Waals surface area (Å²) in [6.45, 7) is 4.06. The van der Waals surface area contributed by atoms with Crippen LogP contribution in [0.5, 0.6) is 5.75 Å². The van der Waals surface area contributed by atoms with Gasteiger partial charge in [0.1, 0.15) is 5.75 Å². The van der Waals surface area contributed by atoms with Crippen LogP contribution in [0.25, 0.3) is 0 Å². The van der Waals surface area contributed by atoms with E-state index in [1.807, 2.05) is 18.2 Å². The van der Waals surface area contributed by atoms with Crippen molar-refractivity contribution in [3.63, 3.8) is 0 Å². The first-order valence-electron chi connectivity index (χ1n) is 6.41. The summed E-state index contributed by atoms with van der Waals surface area (Å²) < 4.78 is 5.50. The van der Waals surface area contributed by atoms with E-state index in [-0.39, 0.29) is 5.41 Å². The van der Waals surface area contributed by atoms with Crippen molar-refractivity contribution in [2.45, 2.75) is 25.2 Å². The Kier molecular flexibility index (Phi) is 4.31. The van der Waals surface area contributed by atoms with Gasteiger partial charge in [-0.25, -0.2) is 0 Å². The lowest BCUT2D eigenvalue weighted by molar-refractivity contribution is 0.370. The van der Waals surface area contributed by atoms with Crippen molar-refractivity contribution in [1.29, 1.82) is 0 Å². The minimum atomic E-state index is 0.0895. The zero-order chi connectivity index (χ0) is 13.0. The molecule has 2 rings (SSSR count). The zero-order valence-electron chi connectivity index (χ0n) is 11.0. The van der Waals surface area contributed by atoms with Crippen LogP contribution >= 0.6 is 11.6 Å². The third-order valence-corrected chi connectivity index (χ3v) is 3.87. The average Bonchev–Trinajstić information content (AvgIpc) is 2.86. The van der Waals surface area contributed by atoms with Crippen molar-refractivity contribution >= 4 is 11.6 Å². The highest BCUT2D eigenvalue weighted by molar-refractivity contribution is 6.30. The molecule has 0 amide bonds. The van der Waals surface area contributed by atoms with E-state index in [1.165, 1.54) is 5.56 Å². The van der Waals surface area contributed by atoms with Gasteiger partial charge in [-0.05, 0) is 37.6 Å². The molecule has 0 spiro atoms. The maximum Gasteiger partial charge on any atom is 0.122 e. The molecule has 0 heterocycles. The molecule has 0 unspecified atom stereocenters. The van der Waals surface area contributed by atoms with Crippen molar-refractivity contribution in [3.05, 3.63) is 40.9 Å². The smallest absolute Gasteiger partial charge is 0.122 e. The van der Waals surface area contributed by atoms with Crippen LogP contribution in [0.15, 0.2) is 30.4 Å². The number of methoxy groups -OCH3 is 1. The number of ether oxygens (including phenoxy) is 1. The number of likely N-dealkylation sites (N-methyl/N-ethyl adjacent to an activating group) is 1. The molecule has 2 nitrogen and oxygen atoms in total. The lowest BCUT2D eigenvalue weighted by atomic mass is 9.77. The average molecular weight is 266 g/mol. The van der Waals surface area contributed by atoms with E-state index in [4.69, 9.17) is 16.3 Å². The first kappa shape index (κ1) is 13.4. The molecule has 0 aromatic heterocycles. The molecule has 0 atom stereocenters. The lowest BCUT2D eigenvalue weighted by Gasteiger charge is -2.31. The van der Waals surface area contributed by atoms with Gasteiger partial charge < -0.3 is 10.1 Å². The second-order valence-corrected chi connectivity index (χ2v) is 5.22. The number of hydrogen-bond donors (Lipinski definition) is 1. The van der Waals surface area contributed by atoms with Crippen molar-refractivity contribution in [2.24, 2.45) is 0 Å². The summed E-state index contributed by atoms with van der Waals surface area (Å²) in [6, 6.07) is 5.89. The Morgan fingerprint density at radius 3 is 2.67 bits per heavy atom. The number of nitrogens with one attached hydrogen (secondary N) is 1. The van der Waals surface area contributed by atoms with Crippen molar-refractivity contribution in [3.8, 4) is 5.75 Å². The van der Waals surface area contributed by atoms with Gasteiger partial charge in [-0.15, -0.1) is 0 Å². The summed E-state index contributed by atoms with van der Waals surface area (Å²) in [4.78, 5) is 0. The summed E-state index contributed by atoms with van der Waals surface area (Å²) in [5, 5.41) is 4.23. The molecule has 1 aromatic rings. The molecule has 0 aliphatic heterocycles. The summed E-state index contributed by atoms with van der Waals surface area (Å²) in [5.41, 5.74) is 1.30. The molecule has 18 heavy (non-hydrogen) atoms. The molecule has 0 saturated carbocycles. The van der Waals surface area contributed by atoms with Gasteiger partial charge in [0.25, 0.3) is 0 Å². The Morgan fingerprint density at radius 2 is 2.06 bits per heavy atom. The van der Waals surface area contributed by atoms with E-state index < -0.39 is 0 Å². The fraction of sp³-hybridized carbons (Fsp3) is 0.467. The maximum atomic E-state index is 6.15. The highest BCUT2D eigenvalue weighted by atomic mass is 35.5. The first-order chi connectivity index (χ1) is 8.72. The summed E-state index contributed by atoms with van der Waals surface area (Å²) in [5.74, 6) is 0.931. The predicted octanol–water partition coefficient (Wildman–Crippen LogP) is 3.55. The maximum absolute atomic E-state index is 6.15. The standard InChI is InChI=1S/C15H20ClNO/c1-3-17-11-15(8-4-5-9-15)13-10-12(16)6-7-14(13)18-2/h4-7,10,17H,3,8-9,11H2,1-2H3. The molecule has 0 bridgehead atoms. The van der Waals surface area contributed by atoms with Crippen LogP contribution in [0.4, 0.5) is 0 Å². The van der Waals surface area contributed by atoms with Gasteiger partial charge >= 0.3 is 0 Å². The molecular weight excluding hydrogens is 246 g/mol. The minimum Gasteiger partial charge on any atom is -0.496 e. The van der Waals surface area contributed by atoms with Crippen LogP contribution in [0.1, 0.15) is 25.3 Å². The fourth-order valence-electron chi connectivity index (χ4n) is 2.62. The second kappa shape index (κ2) is 5.77. The first-order valence-corrected chi connectivity index (χ1v) is 6.79. The van der Waals surface area contributed by atoms with Crippen LogP contribution in [-0.4, -0.2) is 20.2 Å². The van der Waals surface area contributed by atoms with Gasteiger partial charge in [0, 0.05) is 22.5 Å². The van der Waals surface area contributed by atoms with Crippen LogP contribution in [0.2, 0.25) is 5.02 Å². The second-order valence-electron chi connectivity index (χ2n) is 4.78. The van der Waals surface area contributed by atoms with E-state index in [0.29, 0.717) is 0 Å². The van der Waals surface area contributed by atoms with Gasteiger partial charge in [-0.2, -0.15) is 0 Å². The molecule has 1 aliphatic rings. The topological polar surface area (TPSA) is 21.3 Å². The zero-order valence-corrected chi connectivity index (χ0v) is 11.8. The molecule has 0 fully saturated rings. The Hall–Kier alpha value is -0.990. The Balaban J connectivity index is 2.38. The molecule has 98 valence electrons. The molecule has 0 radical (unpaired) electrons. The van der Waals surface area contributed by atoms with E-state index in [2.05, 4.69) is 24.4 Å². The fourth-order valence-corrected chi connectivity index (χ4v) is 2.79. The third kappa shape index (κ3) is 2.55. The number of allylic oxidation sites excluding steroid dienone is 2. The largest absolute Gasteiger partial charge is 0.496 e. The van der Waals surface area contributed by atoms with Gasteiger partial charge in [-0.1, -0.05) is 30.7 Å². The van der Waals surface area contributed by atoms with Gasteiger partial charge in [0.05, 0.1) is 7.11 Å². The number of hydrogen-bond acceptors (Lipinski definition) is 2. The van der Waals surface area contributed by atoms with Gasteiger partial charge in [0.2, 0.25) is 0 Å².